The Hall–Kier alpha value is -4.16. The van der Waals surface area contributed by atoms with Gasteiger partial charge in [-0.3, -0.25) is 14.8 Å². The lowest BCUT2D eigenvalue weighted by molar-refractivity contribution is 0.417. The summed E-state index contributed by atoms with van der Waals surface area (Å²) < 4.78 is 33.6. The first-order chi connectivity index (χ1) is 15.0. The van der Waals surface area contributed by atoms with Crippen LogP contribution in [0.2, 0.25) is 0 Å². The molecule has 2 aromatic heterocycles. The molecule has 0 bridgehead atoms. The summed E-state index contributed by atoms with van der Waals surface area (Å²) in [5.74, 6) is 3.71. The molecule has 0 aliphatic carbocycles. The van der Waals surface area contributed by atoms with E-state index in [1.807, 2.05) is 0 Å². The van der Waals surface area contributed by atoms with Crippen molar-refractivity contribution in [3.8, 4) is 41.0 Å². The lowest BCUT2D eigenvalue weighted by atomic mass is 10.2. The zero-order chi connectivity index (χ0) is 21.8. The number of hydrogen-bond donors (Lipinski definition) is 2. The van der Waals surface area contributed by atoms with Crippen molar-refractivity contribution in [3.05, 3.63) is 72.4 Å². The summed E-state index contributed by atoms with van der Waals surface area (Å²) >= 11 is 0. The number of nitrogens with zero attached hydrogens (tertiary/aromatic N) is 3. The van der Waals surface area contributed by atoms with E-state index in [1.54, 1.807) is 54.7 Å². The van der Waals surface area contributed by atoms with Gasteiger partial charge < -0.3 is 4.74 Å². The second-order valence-electron chi connectivity index (χ2n) is 6.42. The average molecular weight is 431 g/mol. The second-order valence-corrected chi connectivity index (χ2v) is 8.10. The van der Waals surface area contributed by atoms with Crippen molar-refractivity contribution in [2.75, 3.05) is 11.8 Å². The van der Waals surface area contributed by atoms with Gasteiger partial charge in [-0.05, 0) is 36.4 Å². The van der Waals surface area contributed by atoms with E-state index in [9.17, 15) is 8.42 Å². The molecule has 0 atom stereocenters. The fourth-order valence-corrected chi connectivity index (χ4v) is 3.98. The molecule has 0 aliphatic heterocycles. The van der Waals surface area contributed by atoms with E-state index in [4.69, 9.17) is 11.2 Å². The van der Waals surface area contributed by atoms with Gasteiger partial charge in [-0.15, -0.1) is 6.42 Å². The van der Waals surface area contributed by atoms with Gasteiger partial charge >= 0.3 is 0 Å². The Bertz CT molecular complexity index is 1370. The average Bonchev–Trinajstić information content (AvgIpc) is 3.30. The topological polar surface area (TPSA) is 110 Å². The largest absolute Gasteiger partial charge is 0.495 e. The predicted molar refractivity (Wildman–Crippen MR) is 117 cm³/mol. The van der Waals surface area contributed by atoms with Crippen LogP contribution in [0.4, 0.5) is 5.69 Å². The molecule has 0 radical (unpaired) electrons. The molecule has 9 heteroatoms. The number of para-hydroxylation sites is 2. The highest BCUT2D eigenvalue weighted by Crippen LogP contribution is 2.27. The van der Waals surface area contributed by atoms with Gasteiger partial charge in [0.1, 0.15) is 11.4 Å². The summed E-state index contributed by atoms with van der Waals surface area (Å²) in [6.07, 6.45) is 6.91. The van der Waals surface area contributed by atoms with Crippen molar-refractivity contribution in [2.24, 2.45) is 0 Å². The number of methoxy groups -OCH3 is 1. The smallest absolute Gasteiger partial charge is 0.262 e. The molecule has 2 aromatic carbocycles. The maximum atomic E-state index is 12.9. The maximum absolute atomic E-state index is 12.9. The number of aromatic nitrogens is 4. The van der Waals surface area contributed by atoms with Crippen LogP contribution in [0.25, 0.3) is 22.9 Å². The SMILES string of the molecule is C#Cc1ccc(-c2nc(-c3cccc(S(=O)(=O)Nc4ccccc4OC)c3)n[nH]2)nc1. The van der Waals surface area contributed by atoms with Crippen molar-refractivity contribution in [3.63, 3.8) is 0 Å². The number of pyridine rings is 1. The molecular weight excluding hydrogens is 414 g/mol. The number of aromatic amines is 1. The number of anilines is 1. The molecule has 0 saturated heterocycles. The molecule has 0 unspecified atom stereocenters. The van der Waals surface area contributed by atoms with E-state index in [0.29, 0.717) is 39.9 Å². The number of H-pyrrole nitrogens is 1. The molecule has 0 aliphatic rings. The van der Waals surface area contributed by atoms with E-state index in [-0.39, 0.29) is 4.90 Å². The number of terminal acetylenes is 1. The molecular formula is C22H17N5O3S. The van der Waals surface area contributed by atoms with Gasteiger partial charge in [0.15, 0.2) is 11.6 Å². The van der Waals surface area contributed by atoms with Crippen molar-refractivity contribution >= 4 is 15.7 Å². The van der Waals surface area contributed by atoms with Crippen LogP contribution in [-0.2, 0) is 10.0 Å². The molecule has 0 saturated carbocycles. The Labute approximate surface area is 179 Å². The second kappa shape index (κ2) is 8.30. The summed E-state index contributed by atoms with van der Waals surface area (Å²) in [7, 11) is -2.38. The Morgan fingerprint density at radius 3 is 2.68 bits per heavy atom. The van der Waals surface area contributed by atoms with Crippen LogP contribution >= 0.6 is 0 Å². The minimum Gasteiger partial charge on any atom is -0.495 e. The van der Waals surface area contributed by atoms with Crippen molar-refractivity contribution < 1.29 is 13.2 Å². The Morgan fingerprint density at radius 1 is 1.10 bits per heavy atom. The van der Waals surface area contributed by atoms with Crippen molar-refractivity contribution in [1.29, 1.82) is 0 Å². The van der Waals surface area contributed by atoms with Crippen LogP contribution in [0.15, 0.2) is 71.8 Å². The van der Waals surface area contributed by atoms with Crippen LogP contribution in [0, 0.1) is 12.3 Å². The number of nitrogens with one attached hydrogen (secondary N) is 2. The molecule has 154 valence electrons. The van der Waals surface area contributed by atoms with E-state index >= 15 is 0 Å². The van der Waals surface area contributed by atoms with Gasteiger partial charge in [0.2, 0.25) is 0 Å². The molecule has 4 aromatic rings. The van der Waals surface area contributed by atoms with Gasteiger partial charge in [0.25, 0.3) is 10.0 Å². The predicted octanol–water partition coefficient (Wildman–Crippen LogP) is 3.32. The molecule has 2 N–H and O–H groups in total. The molecule has 31 heavy (non-hydrogen) atoms. The summed E-state index contributed by atoms with van der Waals surface area (Å²) in [6.45, 7) is 0. The van der Waals surface area contributed by atoms with Gasteiger partial charge in [0, 0.05) is 17.3 Å². The first-order valence-electron chi connectivity index (χ1n) is 9.12. The number of ether oxygens (including phenoxy) is 1. The number of benzene rings is 2. The number of hydrogen-bond acceptors (Lipinski definition) is 6. The van der Waals surface area contributed by atoms with Gasteiger partial charge in [0.05, 0.1) is 17.7 Å². The van der Waals surface area contributed by atoms with Crippen LogP contribution in [0.5, 0.6) is 5.75 Å². The lowest BCUT2D eigenvalue weighted by Gasteiger charge is -2.12. The normalized spacial score (nSPS) is 11.0. The molecule has 8 nitrogen and oxygen atoms in total. The van der Waals surface area contributed by atoms with Crippen molar-refractivity contribution in [1.82, 2.24) is 20.2 Å². The van der Waals surface area contributed by atoms with Crippen LogP contribution in [-0.4, -0.2) is 35.7 Å². The van der Waals surface area contributed by atoms with E-state index in [0.717, 1.165) is 0 Å². The molecule has 0 fully saturated rings. The maximum Gasteiger partial charge on any atom is 0.262 e. The van der Waals surface area contributed by atoms with E-state index in [1.165, 1.54) is 19.2 Å². The quantitative estimate of drug-likeness (QED) is 0.453. The highest BCUT2D eigenvalue weighted by molar-refractivity contribution is 7.92. The van der Waals surface area contributed by atoms with E-state index < -0.39 is 10.0 Å². The monoisotopic (exact) mass is 431 g/mol. The Kier molecular flexibility index (Phi) is 5.39. The van der Waals surface area contributed by atoms with Gasteiger partial charge in [-0.1, -0.05) is 30.2 Å². The zero-order valence-electron chi connectivity index (χ0n) is 16.4. The third-order valence-electron chi connectivity index (χ3n) is 4.41. The molecule has 0 amide bonds. The highest BCUT2D eigenvalue weighted by Gasteiger charge is 2.18. The fraction of sp³-hybridized carbons (Fsp3) is 0.0455. The van der Waals surface area contributed by atoms with Crippen LogP contribution in [0.1, 0.15) is 5.56 Å². The van der Waals surface area contributed by atoms with Gasteiger partial charge in [-0.25, -0.2) is 13.4 Å². The third-order valence-corrected chi connectivity index (χ3v) is 5.78. The minimum atomic E-state index is -3.86. The third kappa shape index (κ3) is 4.24. The number of rotatable bonds is 6. The van der Waals surface area contributed by atoms with E-state index in [2.05, 4.69) is 30.8 Å². The standard InChI is InChI=1S/C22H17N5O3S/c1-3-15-11-12-19(23-14-15)22-24-21(25-26-22)16-7-6-8-17(13-16)31(28,29)27-18-9-4-5-10-20(18)30-2/h1,4-14,27H,2H3,(H,24,25,26). The molecule has 0 spiro atoms. The lowest BCUT2D eigenvalue weighted by Crippen LogP contribution is -2.13. The summed E-state index contributed by atoms with van der Waals surface area (Å²) in [5, 5.41) is 7.00. The van der Waals surface area contributed by atoms with Crippen LogP contribution in [0.3, 0.4) is 0 Å². The molecule has 2 heterocycles. The first kappa shape index (κ1) is 20.1. The highest BCUT2D eigenvalue weighted by atomic mass is 32.2. The Balaban J connectivity index is 1.62. The fourth-order valence-electron chi connectivity index (χ4n) is 2.86. The van der Waals surface area contributed by atoms with Gasteiger partial charge in [-0.2, -0.15) is 5.10 Å². The minimum absolute atomic E-state index is 0.0683. The zero-order valence-corrected chi connectivity index (χ0v) is 17.2. The first-order valence-corrected chi connectivity index (χ1v) is 10.6. The number of sulfonamides is 1. The Morgan fingerprint density at radius 2 is 1.94 bits per heavy atom. The van der Waals surface area contributed by atoms with Crippen LogP contribution < -0.4 is 9.46 Å². The summed E-state index contributed by atoms with van der Waals surface area (Å²) in [5.41, 5.74) is 2.10. The summed E-state index contributed by atoms with van der Waals surface area (Å²) in [4.78, 5) is 8.75. The molecule has 4 rings (SSSR count). The van der Waals surface area contributed by atoms with Crippen molar-refractivity contribution in [2.45, 2.75) is 4.90 Å². The summed E-state index contributed by atoms with van der Waals surface area (Å²) in [6, 6.07) is 16.6.